The molecule has 3 heterocycles. The molecule has 0 spiro atoms. The van der Waals surface area contributed by atoms with E-state index < -0.39 is 0 Å². The van der Waals surface area contributed by atoms with E-state index in [4.69, 9.17) is 0 Å². The second-order valence-corrected chi connectivity index (χ2v) is 7.86. The van der Waals surface area contributed by atoms with Crippen molar-refractivity contribution < 1.29 is 4.79 Å². The minimum atomic E-state index is 0.0307. The van der Waals surface area contributed by atoms with Crippen molar-refractivity contribution in [3.05, 3.63) is 47.7 Å². The number of anilines is 1. The van der Waals surface area contributed by atoms with Gasteiger partial charge in [0.05, 0.1) is 10.9 Å². The molecule has 2 aliphatic rings. The first-order valence-corrected chi connectivity index (χ1v) is 9.67. The van der Waals surface area contributed by atoms with E-state index in [1.165, 1.54) is 10.5 Å². The topological polar surface area (TPSA) is 49.3 Å². The second-order valence-electron chi connectivity index (χ2n) is 6.62. The van der Waals surface area contributed by atoms with Crippen molar-refractivity contribution in [1.29, 1.82) is 0 Å². The van der Waals surface area contributed by atoms with Crippen molar-refractivity contribution in [3.63, 3.8) is 0 Å². The lowest BCUT2D eigenvalue weighted by Crippen LogP contribution is -2.40. The Hall–Kier alpha value is -2.08. The van der Waals surface area contributed by atoms with E-state index in [-0.39, 0.29) is 11.2 Å². The standard InChI is InChI=1S/C19H22N4OS/c1-14-7-8-18(21-20-14)22-9-4-10-23(12-11-22)19(24)17-13-15-5-2-3-6-16(15)25-17/h2-3,5-8,17H,4,9-13H2,1H3. The van der Waals surface area contributed by atoms with Crippen LogP contribution in [-0.2, 0) is 11.2 Å². The third-order valence-corrected chi connectivity index (χ3v) is 6.14. The zero-order chi connectivity index (χ0) is 17.2. The lowest BCUT2D eigenvalue weighted by atomic mass is 10.1. The monoisotopic (exact) mass is 354 g/mol. The number of aromatic nitrogens is 2. The number of carbonyl (C=O) groups excluding carboxylic acids is 1. The summed E-state index contributed by atoms with van der Waals surface area (Å²) in [6.45, 7) is 5.24. The summed E-state index contributed by atoms with van der Waals surface area (Å²) in [6, 6.07) is 12.4. The Morgan fingerprint density at radius 1 is 1.08 bits per heavy atom. The smallest absolute Gasteiger partial charge is 0.236 e. The van der Waals surface area contributed by atoms with E-state index in [0.717, 1.165) is 50.5 Å². The fourth-order valence-corrected chi connectivity index (χ4v) is 4.73. The lowest BCUT2D eigenvalue weighted by molar-refractivity contribution is -0.130. The number of carbonyl (C=O) groups is 1. The van der Waals surface area contributed by atoms with Crippen molar-refractivity contribution in [3.8, 4) is 0 Å². The molecule has 1 atom stereocenters. The Bertz CT molecular complexity index is 739. The molecule has 0 bridgehead atoms. The third-order valence-electron chi connectivity index (χ3n) is 4.84. The summed E-state index contributed by atoms with van der Waals surface area (Å²) in [5.41, 5.74) is 2.23. The highest BCUT2D eigenvalue weighted by Gasteiger charge is 2.32. The lowest BCUT2D eigenvalue weighted by Gasteiger charge is -2.24. The Kier molecular flexibility index (Phi) is 4.61. The quantitative estimate of drug-likeness (QED) is 0.829. The van der Waals surface area contributed by atoms with Gasteiger partial charge in [-0.25, -0.2) is 0 Å². The molecule has 1 fully saturated rings. The van der Waals surface area contributed by atoms with E-state index >= 15 is 0 Å². The van der Waals surface area contributed by atoms with Crippen LogP contribution in [0.3, 0.4) is 0 Å². The minimum Gasteiger partial charge on any atom is -0.353 e. The largest absolute Gasteiger partial charge is 0.353 e. The molecule has 1 unspecified atom stereocenters. The Morgan fingerprint density at radius 3 is 2.76 bits per heavy atom. The van der Waals surface area contributed by atoms with Crippen molar-refractivity contribution in [1.82, 2.24) is 15.1 Å². The summed E-state index contributed by atoms with van der Waals surface area (Å²) >= 11 is 1.72. The highest BCUT2D eigenvalue weighted by Crippen LogP contribution is 2.37. The van der Waals surface area contributed by atoms with Gasteiger partial charge in [0.25, 0.3) is 0 Å². The first kappa shape index (κ1) is 16.4. The number of fused-ring (bicyclic) bond motifs is 1. The van der Waals surface area contributed by atoms with Gasteiger partial charge in [-0.2, -0.15) is 5.10 Å². The number of aryl methyl sites for hydroxylation is 1. The molecule has 4 rings (SSSR count). The minimum absolute atomic E-state index is 0.0307. The molecule has 1 saturated heterocycles. The van der Waals surface area contributed by atoms with Crippen LogP contribution in [0, 0.1) is 6.92 Å². The molecule has 130 valence electrons. The van der Waals surface area contributed by atoms with Crippen LogP contribution in [0.5, 0.6) is 0 Å². The molecule has 6 heteroatoms. The van der Waals surface area contributed by atoms with Gasteiger partial charge in [-0.3, -0.25) is 4.79 Å². The molecule has 0 aliphatic carbocycles. The van der Waals surface area contributed by atoms with Gasteiger partial charge in [0.15, 0.2) is 5.82 Å². The van der Waals surface area contributed by atoms with Crippen LogP contribution >= 0.6 is 11.8 Å². The third kappa shape index (κ3) is 3.49. The van der Waals surface area contributed by atoms with Crippen LogP contribution < -0.4 is 4.90 Å². The number of hydrogen-bond donors (Lipinski definition) is 0. The fourth-order valence-electron chi connectivity index (χ4n) is 3.45. The molecule has 0 radical (unpaired) electrons. The van der Waals surface area contributed by atoms with E-state index in [0.29, 0.717) is 0 Å². The zero-order valence-electron chi connectivity index (χ0n) is 14.4. The Morgan fingerprint density at radius 2 is 1.96 bits per heavy atom. The highest BCUT2D eigenvalue weighted by atomic mass is 32.2. The Labute approximate surface area is 152 Å². The summed E-state index contributed by atoms with van der Waals surface area (Å²) in [4.78, 5) is 18.5. The summed E-state index contributed by atoms with van der Waals surface area (Å²) in [5, 5.41) is 8.47. The maximum Gasteiger partial charge on any atom is 0.236 e. The van der Waals surface area contributed by atoms with Gasteiger partial charge >= 0.3 is 0 Å². The summed E-state index contributed by atoms with van der Waals surface area (Å²) in [6.07, 6.45) is 1.81. The first-order valence-electron chi connectivity index (χ1n) is 8.79. The van der Waals surface area contributed by atoms with Crippen molar-refractivity contribution in [2.45, 2.75) is 29.9 Å². The van der Waals surface area contributed by atoms with Gasteiger partial charge < -0.3 is 9.80 Å². The van der Waals surface area contributed by atoms with E-state index in [1.54, 1.807) is 11.8 Å². The van der Waals surface area contributed by atoms with Gasteiger partial charge in [-0.1, -0.05) is 18.2 Å². The average molecular weight is 354 g/mol. The molecule has 25 heavy (non-hydrogen) atoms. The molecule has 2 aliphatic heterocycles. The van der Waals surface area contributed by atoms with Crippen molar-refractivity contribution in [2.24, 2.45) is 0 Å². The van der Waals surface area contributed by atoms with E-state index in [2.05, 4.69) is 33.3 Å². The van der Waals surface area contributed by atoms with Crippen LogP contribution in [0.25, 0.3) is 0 Å². The van der Waals surface area contributed by atoms with E-state index in [1.807, 2.05) is 30.0 Å². The molecular formula is C19H22N4OS. The van der Waals surface area contributed by atoms with Crippen LogP contribution in [0.15, 0.2) is 41.3 Å². The highest BCUT2D eigenvalue weighted by molar-refractivity contribution is 8.01. The van der Waals surface area contributed by atoms with Crippen LogP contribution in [-0.4, -0.2) is 52.4 Å². The number of benzene rings is 1. The summed E-state index contributed by atoms with van der Waals surface area (Å²) < 4.78 is 0. The van der Waals surface area contributed by atoms with Crippen molar-refractivity contribution in [2.75, 3.05) is 31.1 Å². The molecule has 5 nitrogen and oxygen atoms in total. The number of nitrogens with zero attached hydrogens (tertiary/aromatic N) is 4. The maximum absolute atomic E-state index is 13.0. The predicted octanol–water partition coefficient (Wildman–Crippen LogP) is 2.54. The van der Waals surface area contributed by atoms with Crippen LogP contribution in [0.1, 0.15) is 17.7 Å². The van der Waals surface area contributed by atoms with Gasteiger partial charge in [-0.05, 0) is 43.5 Å². The molecule has 2 aromatic rings. The number of rotatable bonds is 2. The molecular weight excluding hydrogens is 332 g/mol. The second kappa shape index (κ2) is 7.04. The predicted molar refractivity (Wildman–Crippen MR) is 100.0 cm³/mol. The average Bonchev–Trinajstić information content (AvgIpc) is 2.92. The van der Waals surface area contributed by atoms with Gasteiger partial charge in [0, 0.05) is 31.1 Å². The van der Waals surface area contributed by atoms with Gasteiger partial charge in [-0.15, -0.1) is 16.9 Å². The molecule has 1 amide bonds. The normalized spacial score (nSPS) is 20.3. The van der Waals surface area contributed by atoms with E-state index in [9.17, 15) is 4.79 Å². The van der Waals surface area contributed by atoms with Crippen LogP contribution in [0.2, 0.25) is 0 Å². The first-order chi connectivity index (χ1) is 12.2. The van der Waals surface area contributed by atoms with Gasteiger partial charge in [0.1, 0.15) is 0 Å². The molecule has 1 aromatic heterocycles. The maximum atomic E-state index is 13.0. The Balaban J connectivity index is 1.39. The fraction of sp³-hybridized carbons (Fsp3) is 0.421. The van der Waals surface area contributed by atoms with Gasteiger partial charge in [0.2, 0.25) is 5.91 Å². The molecule has 1 aromatic carbocycles. The number of amides is 1. The summed E-state index contributed by atoms with van der Waals surface area (Å²) in [7, 11) is 0. The zero-order valence-corrected chi connectivity index (χ0v) is 15.2. The van der Waals surface area contributed by atoms with Crippen molar-refractivity contribution >= 4 is 23.5 Å². The number of thioether (sulfide) groups is 1. The molecule has 0 saturated carbocycles. The molecule has 0 N–H and O–H groups in total. The summed E-state index contributed by atoms with van der Waals surface area (Å²) in [5.74, 6) is 1.18. The van der Waals surface area contributed by atoms with Crippen LogP contribution in [0.4, 0.5) is 5.82 Å². The SMILES string of the molecule is Cc1ccc(N2CCCN(C(=O)C3Cc4ccccc4S3)CC2)nn1. The number of hydrogen-bond acceptors (Lipinski definition) is 5.